The summed E-state index contributed by atoms with van der Waals surface area (Å²) in [6, 6.07) is 16.0. The Bertz CT molecular complexity index is 1170. The summed E-state index contributed by atoms with van der Waals surface area (Å²) in [5.41, 5.74) is 4.22. The van der Waals surface area contributed by atoms with E-state index in [4.69, 9.17) is 5.10 Å². The summed E-state index contributed by atoms with van der Waals surface area (Å²) in [5, 5.41) is 20.6. The van der Waals surface area contributed by atoms with Crippen molar-refractivity contribution in [2.45, 2.75) is 13.1 Å². The Balaban J connectivity index is 1.86. The lowest BCUT2D eigenvalue weighted by Crippen LogP contribution is -2.12. The highest BCUT2D eigenvalue weighted by molar-refractivity contribution is 5.92. The van der Waals surface area contributed by atoms with Gasteiger partial charge in [0, 0.05) is 18.3 Å². The van der Waals surface area contributed by atoms with Crippen LogP contribution in [-0.2, 0) is 17.9 Å². The third-order valence-electron chi connectivity index (χ3n) is 4.88. The van der Waals surface area contributed by atoms with Gasteiger partial charge in [-0.05, 0) is 47.6 Å². The van der Waals surface area contributed by atoms with E-state index in [2.05, 4.69) is 10.6 Å². The molecule has 1 aliphatic rings. The Labute approximate surface area is 179 Å². The Morgan fingerprint density at radius 3 is 2.61 bits per heavy atom. The average molecular weight is 416 g/mol. The fraction of sp³-hybridized carbons (Fsp3) is 0.125. The highest BCUT2D eigenvalue weighted by atomic mass is 19.1. The second kappa shape index (κ2) is 9.26. The van der Waals surface area contributed by atoms with Gasteiger partial charge < -0.3 is 15.7 Å². The number of hydrogen-bond donors (Lipinski definition) is 3. The van der Waals surface area contributed by atoms with Gasteiger partial charge in [-0.25, -0.2) is 13.9 Å². The molecule has 1 aliphatic heterocycles. The average Bonchev–Trinajstić information content (AvgIpc) is 3.17. The van der Waals surface area contributed by atoms with E-state index in [1.54, 1.807) is 29.1 Å². The molecular weight excluding hydrogens is 395 g/mol. The van der Waals surface area contributed by atoms with Gasteiger partial charge >= 0.3 is 0 Å². The van der Waals surface area contributed by atoms with Crippen LogP contribution in [-0.4, -0.2) is 27.4 Å². The van der Waals surface area contributed by atoms with Gasteiger partial charge in [0.25, 0.3) is 0 Å². The molecular formula is C24H21FN4O2. The summed E-state index contributed by atoms with van der Waals surface area (Å²) in [7, 11) is 0. The Morgan fingerprint density at radius 2 is 1.90 bits per heavy atom. The molecule has 2 aromatic carbocycles. The van der Waals surface area contributed by atoms with Crippen LogP contribution < -0.4 is 10.6 Å². The lowest BCUT2D eigenvalue weighted by Gasteiger charge is -2.15. The van der Waals surface area contributed by atoms with Crippen LogP contribution in [0.3, 0.4) is 0 Å². The summed E-state index contributed by atoms with van der Waals surface area (Å²) >= 11 is 0. The van der Waals surface area contributed by atoms with E-state index in [1.165, 1.54) is 12.1 Å². The molecule has 0 aliphatic carbocycles. The van der Waals surface area contributed by atoms with Crippen molar-refractivity contribution in [2.24, 2.45) is 0 Å². The van der Waals surface area contributed by atoms with Crippen molar-refractivity contribution in [1.29, 1.82) is 0 Å². The highest BCUT2D eigenvalue weighted by Crippen LogP contribution is 2.36. The van der Waals surface area contributed by atoms with E-state index in [0.717, 1.165) is 22.3 Å². The molecule has 0 bridgehead atoms. The number of anilines is 1. The molecule has 3 aromatic rings. The molecule has 3 N–H and O–H groups in total. The van der Waals surface area contributed by atoms with Gasteiger partial charge in [-0.1, -0.05) is 30.3 Å². The van der Waals surface area contributed by atoms with Crippen molar-refractivity contribution in [1.82, 2.24) is 15.1 Å². The topological polar surface area (TPSA) is 79.2 Å². The SMILES string of the molecule is O=C=C1C=C(c2c(-c3ccc(F)cc3)nn(CCO)c2NCc2ccccc2)C=CN1. The third-order valence-corrected chi connectivity index (χ3v) is 4.88. The van der Waals surface area contributed by atoms with Crippen LogP contribution in [0.2, 0.25) is 0 Å². The fourth-order valence-electron chi connectivity index (χ4n) is 3.44. The molecule has 0 fully saturated rings. The van der Waals surface area contributed by atoms with Crippen molar-refractivity contribution in [2.75, 3.05) is 11.9 Å². The molecule has 6 nitrogen and oxygen atoms in total. The first-order valence-electron chi connectivity index (χ1n) is 9.85. The van der Waals surface area contributed by atoms with E-state index < -0.39 is 0 Å². The smallest absolute Gasteiger partial charge is 0.150 e. The molecule has 4 rings (SSSR count). The predicted octanol–water partition coefficient (Wildman–Crippen LogP) is 3.51. The molecule has 31 heavy (non-hydrogen) atoms. The number of aromatic nitrogens is 2. The summed E-state index contributed by atoms with van der Waals surface area (Å²) in [5.74, 6) is 2.23. The van der Waals surface area contributed by atoms with E-state index in [9.17, 15) is 14.3 Å². The largest absolute Gasteiger partial charge is 0.394 e. The summed E-state index contributed by atoms with van der Waals surface area (Å²) in [6.45, 7) is 0.719. The second-order valence-corrected chi connectivity index (χ2v) is 6.96. The Morgan fingerprint density at radius 1 is 1.13 bits per heavy atom. The Kier molecular flexibility index (Phi) is 6.08. The van der Waals surface area contributed by atoms with Crippen LogP contribution >= 0.6 is 0 Å². The molecule has 1 aromatic heterocycles. The van der Waals surface area contributed by atoms with Crippen LogP contribution in [0, 0.1) is 5.82 Å². The number of nitrogens with one attached hydrogen (secondary N) is 2. The zero-order chi connectivity index (χ0) is 21.6. The van der Waals surface area contributed by atoms with E-state index in [1.807, 2.05) is 42.3 Å². The zero-order valence-electron chi connectivity index (χ0n) is 16.7. The predicted molar refractivity (Wildman–Crippen MR) is 118 cm³/mol. The Hall–Kier alpha value is -3.93. The number of allylic oxidation sites excluding steroid dienone is 3. The number of halogens is 1. The number of dihydropyridines is 1. The minimum atomic E-state index is -0.338. The van der Waals surface area contributed by atoms with Crippen molar-refractivity contribution < 1.29 is 14.3 Å². The van der Waals surface area contributed by atoms with Crippen LogP contribution in [0.1, 0.15) is 11.1 Å². The van der Waals surface area contributed by atoms with Gasteiger partial charge in [0.15, 0.2) is 5.94 Å². The number of hydrogen-bond acceptors (Lipinski definition) is 5. The van der Waals surface area contributed by atoms with Crippen LogP contribution in [0.15, 0.2) is 78.6 Å². The van der Waals surface area contributed by atoms with Crippen molar-refractivity contribution in [3.63, 3.8) is 0 Å². The van der Waals surface area contributed by atoms with Crippen LogP contribution in [0.4, 0.5) is 10.2 Å². The van der Waals surface area contributed by atoms with Crippen molar-refractivity contribution in [3.8, 4) is 11.3 Å². The second-order valence-electron chi connectivity index (χ2n) is 6.96. The van der Waals surface area contributed by atoms with Crippen molar-refractivity contribution in [3.05, 3.63) is 95.6 Å². The van der Waals surface area contributed by atoms with E-state index >= 15 is 0 Å². The van der Waals surface area contributed by atoms with Gasteiger partial charge in [0.05, 0.1) is 18.7 Å². The minimum Gasteiger partial charge on any atom is -0.394 e. The molecule has 156 valence electrons. The summed E-state index contributed by atoms with van der Waals surface area (Å²) < 4.78 is 15.2. The molecule has 0 amide bonds. The number of benzene rings is 2. The minimum absolute atomic E-state index is 0.0973. The lowest BCUT2D eigenvalue weighted by molar-refractivity contribution is 0.270. The first kappa shape index (κ1) is 20.3. The van der Waals surface area contributed by atoms with E-state index in [-0.39, 0.29) is 19.0 Å². The molecule has 2 heterocycles. The lowest BCUT2D eigenvalue weighted by atomic mass is 9.98. The van der Waals surface area contributed by atoms with Crippen LogP contribution in [0.25, 0.3) is 16.8 Å². The highest BCUT2D eigenvalue weighted by Gasteiger charge is 2.22. The molecule has 0 unspecified atom stereocenters. The van der Waals surface area contributed by atoms with Crippen LogP contribution in [0.5, 0.6) is 0 Å². The van der Waals surface area contributed by atoms with Crippen molar-refractivity contribution >= 4 is 17.3 Å². The first-order valence-corrected chi connectivity index (χ1v) is 9.85. The first-order chi connectivity index (χ1) is 15.2. The number of rotatable bonds is 7. The van der Waals surface area contributed by atoms with Gasteiger partial charge in [0.1, 0.15) is 23.0 Å². The molecule has 0 saturated carbocycles. The van der Waals surface area contributed by atoms with Gasteiger partial charge in [0.2, 0.25) is 0 Å². The summed E-state index contributed by atoms with van der Waals surface area (Å²) in [4.78, 5) is 11.2. The maximum Gasteiger partial charge on any atom is 0.150 e. The quantitative estimate of drug-likeness (QED) is 0.514. The van der Waals surface area contributed by atoms with Gasteiger partial charge in [-0.2, -0.15) is 5.10 Å². The number of aliphatic hydroxyl groups excluding tert-OH is 1. The number of nitrogens with zero attached hydrogens (tertiary/aromatic N) is 2. The maximum absolute atomic E-state index is 13.5. The summed E-state index contributed by atoms with van der Waals surface area (Å²) in [6.07, 6.45) is 5.18. The molecule has 0 spiro atoms. The van der Waals surface area contributed by atoms with Gasteiger partial charge in [-0.15, -0.1) is 0 Å². The molecule has 0 radical (unpaired) electrons. The van der Waals surface area contributed by atoms with E-state index in [0.29, 0.717) is 23.8 Å². The number of aliphatic hydroxyl groups is 1. The zero-order valence-corrected chi connectivity index (χ0v) is 16.7. The number of carbonyl (C=O) groups excluding carboxylic acids is 1. The monoisotopic (exact) mass is 416 g/mol. The third kappa shape index (κ3) is 4.48. The van der Waals surface area contributed by atoms with Gasteiger partial charge in [-0.3, -0.25) is 0 Å². The normalized spacial score (nSPS) is 12.8. The molecule has 0 atom stereocenters. The fourth-order valence-corrected chi connectivity index (χ4v) is 3.44. The maximum atomic E-state index is 13.5. The molecule has 7 heteroatoms. The molecule has 0 saturated heterocycles. The standard InChI is InChI=1S/C24H21FN4O2/c25-20-8-6-18(7-9-20)23-22(19-10-11-26-21(14-19)16-31)24(29(28-23)12-13-30)27-15-17-4-2-1-3-5-17/h1-11,14,26-27,30H,12-13,15H2.